The number of hydrogen-bond donors (Lipinski definition) is 1. The number of carbonyl (C=O) groups excluding carboxylic acids is 1. The highest BCUT2D eigenvalue weighted by molar-refractivity contribution is 7.14. The van der Waals surface area contributed by atoms with E-state index >= 15 is 0 Å². The highest BCUT2D eigenvalue weighted by Crippen LogP contribution is 2.61. The maximum atomic E-state index is 12.9. The molecule has 4 saturated carbocycles. The van der Waals surface area contributed by atoms with Gasteiger partial charge < -0.3 is 5.32 Å². The van der Waals surface area contributed by atoms with E-state index in [0.29, 0.717) is 11.5 Å². The standard InChI is InChI=1S/C22H31NOS/c1-13-3-4-19-18(5-13)9-20(25-19)21(24)23-14(2)22-10-15-6-16(11-22)8-17(7-15)12-22/h9,13-17H,3-8,10-12H2,1-2H3,(H,23,24)/t13-,14-,15?,16?,17?,22?/m1/s1. The summed E-state index contributed by atoms with van der Waals surface area (Å²) in [7, 11) is 0. The van der Waals surface area contributed by atoms with E-state index < -0.39 is 0 Å². The Labute approximate surface area is 155 Å². The zero-order valence-corrected chi connectivity index (χ0v) is 16.5. The number of hydrogen-bond acceptors (Lipinski definition) is 2. The maximum Gasteiger partial charge on any atom is 0.261 e. The lowest BCUT2D eigenvalue weighted by Gasteiger charge is -2.59. The fourth-order valence-corrected chi connectivity index (χ4v) is 8.06. The van der Waals surface area contributed by atoms with Crippen molar-refractivity contribution in [3.05, 3.63) is 21.4 Å². The van der Waals surface area contributed by atoms with Gasteiger partial charge in [0.1, 0.15) is 0 Å². The first-order chi connectivity index (χ1) is 12.0. The molecule has 1 amide bonds. The van der Waals surface area contributed by atoms with Crippen LogP contribution in [-0.4, -0.2) is 11.9 Å². The van der Waals surface area contributed by atoms with Gasteiger partial charge in [0.05, 0.1) is 4.88 Å². The number of fused-ring (bicyclic) bond motifs is 1. The minimum atomic E-state index is 0.190. The van der Waals surface area contributed by atoms with Crippen LogP contribution in [0, 0.1) is 29.1 Å². The first-order valence-corrected chi connectivity index (χ1v) is 11.2. The van der Waals surface area contributed by atoms with E-state index in [4.69, 9.17) is 0 Å². The average Bonchev–Trinajstić information content (AvgIpc) is 2.96. The van der Waals surface area contributed by atoms with E-state index in [0.717, 1.165) is 35.0 Å². The molecular weight excluding hydrogens is 326 g/mol. The molecule has 2 nitrogen and oxygen atoms in total. The minimum absolute atomic E-state index is 0.190. The molecule has 6 rings (SSSR count). The predicted molar refractivity (Wildman–Crippen MR) is 103 cm³/mol. The molecule has 0 spiro atoms. The van der Waals surface area contributed by atoms with Crippen LogP contribution in [-0.2, 0) is 12.8 Å². The summed E-state index contributed by atoms with van der Waals surface area (Å²) in [5, 5.41) is 3.45. The Morgan fingerprint density at radius 3 is 2.48 bits per heavy atom. The van der Waals surface area contributed by atoms with Gasteiger partial charge in [-0.25, -0.2) is 0 Å². The molecule has 0 radical (unpaired) electrons. The lowest BCUT2D eigenvalue weighted by Crippen LogP contribution is -2.55. The number of amides is 1. The van der Waals surface area contributed by atoms with Crippen LogP contribution in [0.15, 0.2) is 6.07 Å². The van der Waals surface area contributed by atoms with Crippen molar-refractivity contribution in [3.8, 4) is 0 Å². The third kappa shape index (κ3) is 2.78. The van der Waals surface area contributed by atoms with Gasteiger partial charge in [0.15, 0.2) is 0 Å². The maximum absolute atomic E-state index is 12.9. The summed E-state index contributed by atoms with van der Waals surface area (Å²) in [6.07, 6.45) is 12.1. The van der Waals surface area contributed by atoms with Crippen molar-refractivity contribution < 1.29 is 4.79 Å². The van der Waals surface area contributed by atoms with Crippen molar-refractivity contribution in [2.24, 2.45) is 29.1 Å². The van der Waals surface area contributed by atoms with Gasteiger partial charge >= 0.3 is 0 Å². The molecule has 0 unspecified atom stereocenters. The van der Waals surface area contributed by atoms with E-state index in [1.165, 1.54) is 61.8 Å². The van der Waals surface area contributed by atoms with Gasteiger partial charge in [-0.15, -0.1) is 11.3 Å². The molecule has 3 heteroatoms. The average molecular weight is 358 g/mol. The summed E-state index contributed by atoms with van der Waals surface area (Å²) in [6, 6.07) is 2.52. The second-order valence-corrected chi connectivity index (χ2v) is 11.0. The molecule has 1 heterocycles. The number of aryl methyl sites for hydroxylation is 1. The Hall–Kier alpha value is -0.830. The quantitative estimate of drug-likeness (QED) is 0.791. The summed E-state index contributed by atoms with van der Waals surface area (Å²) in [5.41, 5.74) is 1.84. The topological polar surface area (TPSA) is 29.1 Å². The molecule has 2 atom stereocenters. The zero-order valence-electron chi connectivity index (χ0n) is 15.6. The van der Waals surface area contributed by atoms with Crippen LogP contribution >= 0.6 is 11.3 Å². The first kappa shape index (κ1) is 16.4. The van der Waals surface area contributed by atoms with Crippen molar-refractivity contribution >= 4 is 17.2 Å². The van der Waals surface area contributed by atoms with Gasteiger partial charge in [0, 0.05) is 10.9 Å². The van der Waals surface area contributed by atoms with Crippen LogP contribution < -0.4 is 5.32 Å². The monoisotopic (exact) mass is 357 g/mol. The number of thiophene rings is 1. The zero-order chi connectivity index (χ0) is 17.2. The fourth-order valence-electron chi connectivity index (χ4n) is 6.95. The molecule has 4 fully saturated rings. The van der Waals surface area contributed by atoms with E-state index in [9.17, 15) is 4.79 Å². The van der Waals surface area contributed by atoms with Crippen LogP contribution in [0.5, 0.6) is 0 Å². The number of carbonyl (C=O) groups is 1. The lowest BCUT2D eigenvalue weighted by atomic mass is 9.48. The van der Waals surface area contributed by atoms with Crippen molar-refractivity contribution in [2.45, 2.75) is 77.7 Å². The SMILES string of the molecule is C[C@@H]1CCc2sc(C(=O)N[C@H](C)C34CC5CC(CC(C5)C3)C4)cc2C1. The molecule has 1 aromatic rings. The predicted octanol–water partition coefficient (Wildman–Crippen LogP) is 5.21. The molecule has 4 bridgehead atoms. The van der Waals surface area contributed by atoms with Crippen molar-refractivity contribution in [2.75, 3.05) is 0 Å². The number of rotatable bonds is 3. The van der Waals surface area contributed by atoms with Crippen molar-refractivity contribution in [3.63, 3.8) is 0 Å². The molecule has 0 aliphatic heterocycles. The Bertz CT molecular complexity index is 655. The highest BCUT2D eigenvalue weighted by Gasteiger charge is 2.53. The molecule has 5 aliphatic rings. The van der Waals surface area contributed by atoms with Crippen LogP contribution in [0.25, 0.3) is 0 Å². The van der Waals surface area contributed by atoms with E-state index in [2.05, 4.69) is 25.2 Å². The third-order valence-electron chi connectivity index (χ3n) is 7.90. The first-order valence-electron chi connectivity index (χ1n) is 10.4. The van der Waals surface area contributed by atoms with Gasteiger partial charge in [0.2, 0.25) is 0 Å². The minimum Gasteiger partial charge on any atom is -0.348 e. The number of nitrogens with one attached hydrogen (secondary N) is 1. The lowest BCUT2D eigenvalue weighted by molar-refractivity contribution is -0.0687. The van der Waals surface area contributed by atoms with Crippen molar-refractivity contribution in [1.29, 1.82) is 0 Å². The molecule has 5 aliphatic carbocycles. The molecule has 1 aromatic heterocycles. The smallest absolute Gasteiger partial charge is 0.261 e. The summed E-state index contributed by atoms with van der Waals surface area (Å²) < 4.78 is 0. The Morgan fingerprint density at radius 2 is 1.84 bits per heavy atom. The van der Waals surface area contributed by atoms with E-state index in [1.54, 1.807) is 11.3 Å². The second-order valence-electron chi connectivity index (χ2n) is 9.88. The largest absolute Gasteiger partial charge is 0.348 e. The van der Waals surface area contributed by atoms with Crippen LogP contribution in [0.4, 0.5) is 0 Å². The van der Waals surface area contributed by atoms with Crippen LogP contribution in [0.3, 0.4) is 0 Å². The van der Waals surface area contributed by atoms with E-state index in [-0.39, 0.29) is 5.91 Å². The molecule has 25 heavy (non-hydrogen) atoms. The Morgan fingerprint density at radius 1 is 1.20 bits per heavy atom. The molecular formula is C22H31NOS. The van der Waals surface area contributed by atoms with Gasteiger partial charge in [-0.05, 0) is 105 Å². The molecule has 0 aromatic carbocycles. The van der Waals surface area contributed by atoms with Crippen LogP contribution in [0.1, 0.15) is 78.9 Å². The van der Waals surface area contributed by atoms with Gasteiger partial charge in [-0.1, -0.05) is 6.92 Å². The Balaban J connectivity index is 1.31. The molecule has 0 saturated heterocycles. The normalized spacial score (nSPS) is 39.9. The summed E-state index contributed by atoms with van der Waals surface area (Å²) in [4.78, 5) is 15.4. The van der Waals surface area contributed by atoms with Gasteiger partial charge in [0.25, 0.3) is 5.91 Å². The molecule has 1 N–H and O–H groups in total. The summed E-state index contributed by atoms with van der Waals surface area (Å²) in [6.45, 7) is 4.62. The van der Waals surface area contributed by atoms with Crippen LogP contribution in [0.2, 0.25) is 0 Å². The third-order valence-corrected chi connectivity index (χ3v) is 9.14. The fraction of sp³-hybridized carbons (Fsp3) is 0.773. The van der Waals surface area contributed by atoms with Gasteiger partial charge in [-0.2, -0.15) is 0 Å². The molecule has 136 valence electrons. The summed E-state index contributed by atoms with van der Waals surface area (Å²) >= 11 is 1.75. The van der Waals surface area contributed by atoms with E-state index in [1.807, 2.05) is 0 Å². The highest BCUT2D eigenvalue weighted by atomic mass is 32.1. The van der Waals surface area contributed by atoms with Crippen molar-refractivity contribution in [1.82, 2.24) is 5.32 Å². The second kappa shape index (κ2) is 5.84. The van der Waals surface area contributed by atoms with Gasteiger partial charge in [-0.3, -0.25) is 4.79 Å². The summed E-state index contributed by atoms with van der Waals surface area (Å²) in [5.74, 6) is 3.79. The Kier molecular flexibility index (Phi) is 3.82.